The fourth-order valence-electron chi connectivity index (χ4n) is 2.75. The Morgan fingerprint density at radius 2 is 2.33 bits per heavy atom. The van der Waals surface area contributed by atoms with Crippen molar-refractivity contribution in [2.24, 2.45) is 0 Å². The number of rotatable bonds is 5. The summed E-state index contributed by atoms with van der Waals surface area (Å²) in [6, 6.07) is 7.71. The molecule has 2 atom stereocenters. The van der Waals surface area contributed by atoms with Crippen LogP contribution in [0.25, 0.3) is 0 Å². The summed E-state index contributed by atoms with van der Waals surface area (Å²) in [5, 5.41) is 3.52. The van der Waals surface area contributed by atoms with Gasteiger partial charge in [-0.15, -0.1) is 0 Å². The molecule has 1 aromatic carbocycles. The van der Waals surface area contributed by atoms with E-state index < -0.39 is 0 Å². The Hall–Kier alpha value is -0.930. The molecule has 1 saturated heterocycles. The first kappa shape index (κ1) is 13.5. The third-order valence-electron chi connectivity index (χ3n) is 3.91. The van der Waals surface area contributed by atoms with E-state index in [0.29, 0.717) is 6.04 Å². The topological polar surface area (TPSA) is 15.3 Å². The fourth-order valence-corrected chi connectivity index (χ4v) is 2.75. The molecule has 2 unspecified atom stereocenters. The molecule has 1 aliphatic rings. The highest BCUT2D eigenvalue weighted by atomic mass is 19.1. The molecular formula is C15H23FN2. The van der Waals surface area contributed by atoms with E-state index in [-0.39, 0.29) is 11.9 Å². The van der Waals surface area contributed by atoms with Crippen molar-refractivity contribution >= 4 is 0 Å². The molecule has 2 nitrogen and oxygen atoms in total. The Kier molecular flexibility index (Phi) is 4.72. The predicted octanol–water partition coefficient (Wildman–Crippen LogP) is 2.96. The molecule has 0 bridgehead atoms. The standard InChI is InChI=1S/C15H23FN2/c1-3-18-9-5-8-15(18)11-17-12(2)13-6-4-7-14(16)10-13/h4,6-7,10,12,15,17H,3,5,8-9,11H2,1-2H3. The Labute approximate surface area is 109 Å². The number of hydrogen-bond donors (Lipinski definition) is 1. The smallest absolute Gasteiger partial charge is 0.123 e. The highest BCUT2D eigenvalue weighted by molar-refractivity contribution is 5.19. The lowest BCUT2D eigenvalue weighted by atomic mass is 10.1. The van der Waals surface area contributed by atoms with E-state index in [1.54, 1.807) is 12.1 Å². The number of halogens is 1. The van der Waals surface area contributed by atoms with Gasteiger partial charge in [-0.1, -0.05) is 19.1 Å². The molecule has 100 valence electrons. The molecular weight excluding hydrogens is 227 g/mol. The number of likely N-dealkylation sites (N-methyl/N-ethyl adjacent to an activating group) is 1. The summed E-state index contributed by atoms with van der Waals surface area (Å²) in [5.74, 6) is -0.155. The van der Waals surface area contributed by atoms with Crippen molar-refractivity contribution in [2.75, 3.05) is 19.6 Å². The Morgan fingerprint density at radius 3 is 3.06 bits per heavy atom. The van der Waals surface area contributed by atoms with Gasteiger partial charge in [0.05, 0.1) is 0 Å². The number of nitrogens with one attached hydrogen (secondary N) is 1. The number of nitrogens with zero attached hydrogens (tertiary/aromatic N) is 1. The van der Waals surface area contributed by atoms with Gasteiger partial charge in [-0.05, 0) is 50.6 Å². The fraction of sp³-hybridized carbons (Fsp3) is 0.600. The van der Waals surface area contributed by atoms with E-state index in [1.807, 2.05) is 6.07 Å². The zero-order valence-corrected chi connectivity index (χ0v) is 11.3. The molecule has 1 aliphatic heterocycles. The third kappa shape index (κ3) is 3.30. The second-order valence-electron chi connectivity index (χ2n) is 5.11. The van der Waals surface area contributed by atoms with Crippen molar-refractivity contribution in [1.29, 1.82) is 0 Å². The summed E-state index contributed by atoms with van der Waals surface area (Å²) in [7, 11) is 0. The Bertz CT molecular complexity index is 381. The minimum Gasteiger partial charge on any atom is -0.309 e. The van der Waals surface area contributed by atoms with E-state index in [1.165, 1.54) is 25.5 Å². The van der Waals surface area contributed by atoms with Crippen molar-refractivity contribution in [2.45, 2.75) is 38.8 Å². The van der Waals surface area contributed by atoms with Crippen LogP contribution in [-0.2, 0) is 0 Å². The summed E-state index contributed by atoms with van der Waals surface area (Å²) >= 11 is 0. The molecule has 1 fully saturated rings. The lowest BCUT2D eigenvalue weighted by Crippen LogP contribution is -2.38. The summed E-state index contributed by atoms with van der Waals surface area (Å²) in [6.45, 7) is 7.65. The minimum atomic E-state index is -0.155. The summed E-state index contributed by atoms with van der Waals surface area (Å²) < 4.78 is 13.1. The SMILES string of the molecule is CCN1CCCC1CNC(C)c1cccc(F)c1. The van der Waals surface area contributed by atoms with E-state index in [0.717, 1.165) is 18.7 Å². The normalized spacial score (nSPS) is 22.3. The van der Waals surface area contributed by atoms with Gasteiger partial charge in [-0.3, -0.25) is 4.90 Å². The summed E-state index contributed by atoms with van der Waals surface area (Å²) in [6.07, 6.45) is 2.57. The highest BCUT2D eigenvalue weighted by Crippen LogP contribution is 2.18. The molecule has 1 N–H and O–H groups in total. The van der Waals surface area contributed by atoms with Gasteiger partial charge in [0.15, 0.2) is 0 Å². The van der Waals surface area contributed by atoms with Gasteiger partial charge in [-0.2, -0.15) is 0 Å². The number of likely N-dealkylation sites (tertiary alicyclic amines) is 1. The quantitative estimate of drug-likeness (QED) is 0.864. The van der Waals surface area contributed by atoms with Gasteiger partial charge in [0.25, 0.3) is 0 Å². The molecule has 0 aromatic heterocycles. The van der Waals surface area contributed by atoms with Crippen LogP contribution in [0.4, 0.5) is 4.39 Å². The van der Waals surface area contributed by atoms with Gasteiger partial charge in [0.2, 0.25) is 0 Å². The second-order valence-corrected chi connectivity index (χ2v) is 5.11. The molecule has 2 rings (SSSR count). The van der Waals surface area contributed by atoms with Gasteiger partial charge in [0.1, 0.15) is 5.82 Å². The van der Waals surface area contributed by atoms with Gasteiger partial charge < -0.3 is 5.32 Å². The molecule has 3 heteroatoms. The Morgan fingerprint density at radius 1 is 1.50 bits per heavy atom. The zero-order valence-electron chi connectivity index (χ0n) is 11.3. The van der Waals surface area contributed by atoms with Crippen LogP contribution >= 0.6 is 0 Å². The van der Waals surface area contributed by atoms with Crippen molar-refractivity contribution in [3.63, 3.8) is 0 Å². The maximum atomic E-state index is 13.1. The molecule has 0 amide bonds. The van der Waals surface area contributed by atoms with Gasteiger partial charge >= 0.3 is 0 Å². The van der Waals surface area contributed by atoms with Crippen LogP contribution in [-0.4, -0.2) is 30.6 Å². The molecule has 0 aliphatic carbocycles. The summed E-state index contributed by atoms with van der Waals surface area (Å²) in [5.41, 5.74) is 1.02. The van der Waals surface area contributed by atoms with Crippen LogP contribution in [0.1, 0.15) is 38.3 Å². The molecule has 0 spiro atoms. The van der Waals surface area contributed by atoms with Gasteiger partial charge in [-0.25, -0.2) is 4.39 Å². The number of hydrogen-bond acceptors (Lipinski definition) is 2. The lowest BCUT2D eigenvalue weighted by Gasteiger charge is -2.25. The number of benzene rings is 1. The lowest BCUT2D eigenvalue weighted by molar-refractivity contribution is 0.255. The largest absolute Gasteiger partial charge is 0.309 e. The monoisotopic (exact) mass is 250 g/mol. The summed E-state index contributed by atoms with van der Waals surface area (Å²) in [4.78, 5) is 2.52. The Balaban J connectivity index is 1.86. The van der Waals surface area contributed by atoms with Crippen LogP contribution in [0.5, 0.6) is 0 Å². The van der Waals surface area contributed by atoms with Crippen LogP contribution in [0.2, 0.25) is 0 Å². The maximum absolute atomic E-state index is 13.1. The van der Waals surface area contributed by atoms with E-state index in [2.05, 4.69) is 24.1 Å². The van der Waals surface area contributed by atoms with Crippen molar-refractivity contribution in [3.05, 3.63) is 35.6 Å². The first-order valence-electron chi connectivity index (χ1n) is 6.93. The average Bonchev–Trinajstić information content (AvgIpc) is 2.83. The van der Waals surface area contributed by atoms with Crippen LogP contribution in [0, 0.1) is 5.82 Å². The molecule has 1 aromatic rings. The van der Waals surface area contributed by atoms with E-state index in [9.17, 15) is 4.39 Å². The highest BCUT2D eigenvalue weighted by Gasteiger charge is 2.22. The minimum absolute atomic E-state index is 0.155. The molecule has 0 radical (unpaired) electrons. The molecule has 0 saturated carbocycles. The van der Waals surface area contributed by atoms with E-state index in [4.69, 9.17) is 0 Å². The van der Waals surface area contributed by atoms with E-state index >= 15 is 0 Å². The van der Waals surface area contributed by atoms with Gasteiger partial charge in [0, 0.05) is 18.6 Å². The molecule has 1 heterocycles. The average molecular weight is 250 g/mol. The second kappa shape index (κ2) is 6.30. The van der Waals surface area contributed by atoms with Crippen molar-refractivity contribution < 1.29 is 4.39 Å². The third-order valence-corrected chi connectivity index (χ3v) is 3.91. The zero-order chi connectivity index (χ0) is 13.0. The predicted molar refractivity (Wildman–Crippen MR) is 73.1 cm³/mol. The first-order chi connectivity index (χ1) is 8.70. The van der Waals surface area contributed by atoms with Crippen LogP contribution in [0.3, 0.4) is 0 Å². The molecule has 18 heavy (non-hydrogen) atoms. The van der Waals surface area contributed by atoms with Crippen LogP contribution < -0.4 is 5.32 Å². The van der Waals surface area contributed by atoms with Crippen LogP contribution in [0.15, 0.2) is 24.3 Å². The maximum Gasteiger partial charge on any atom is 0.123 e. The van der Waals surface area contributed by atoms with Crippen molar-refractivity contribution in [1.82, 2.24) is 10.2 Å². The first-order valence-corrected chi connectivity index (χ1v) is 6.93. The van der Waals surface area contributed by atoms with Crippen molar-refractivity contribution in [3.8, 4) is 0 Å².